The molecule has 3 aromatic rings. The van der Waals surface area contributed by atoms with Gasteiger partial charge in [-0.15, -0.1) is 0 Å². The molecule has 0 bridgehead atoms. The molecule has 0 unspecified atom stereocenters. The second-order valence-corrected chi connectivity index (χ2v) is 4.92. The summed E-state index contributed by atoms with van der Waals surface area (Å²) < 4.78 is 42.9. The number of aromatic amines is 1. The number of hydrogen-bond donors (Lipinski definition) is 2. The van der Waals surface area contributed by atoms with Crippen LogP contribution in [0.25, 0.3) is 10.9 Å². The number of nitrogen functional groups attached to an aromatic ring is 1. The van der Waals surface area contributed by atoms with Gasteiger partial charge in [-0.1, -0.05) is 12.1 Å². The molecule has 0 aliphatic rings. The molecule has 2 aromatic carbocycles. The molecule has 114 valence electrons. The van der Waals surface area contributed by atoms with Crippen LogP contribution in [0.15, 0.2) is 48.5 Å². The fourth-order valence-corrected chi connectivity index (χ4v) is 2.22. The summed E-state index contributed by atoms with van der Waals surface area (Å²) in [5.41, 5.74) is 7.42. The van der Waals surface area contributed by atoms with Crippen molar-refractivity contribution in [3.05, 3.63) is 59.8 Å². The Balaban J connectivity index is 1.72. The Morgan fingerprint density at radius 1 is 1.05 bits per heavy atom. The van der Waals surface area contributed by atoms with Crippen molar-refractivity contribution in [1.82, 2.24) is 4.98 Å². The van der Waals surface area contributed by atoms with Crippen molar-refractivity contribution in [1.29, 1.82) is 0 Å². The molecular weight excluding hydrogens is 293 g/mol. The summed E-state index contributed by atoms with van der Waals surface area (Å²) in [5, 5.41) is 0.964. The molecule has 6 heteroatoms. The first-order chi connectivity index (χ1) is 10.4. The maximum absolute atomic E-state index is 12.5. The number of ether oxygens (including phenoxy) is 1. The van der Waals surface area contributed by atoms with Crippen molar-refractivity contribution in [2.45, 2.75) is 12.8 Å². The molecule has 0 atom stereocenters. The van der Waals surface area contributed by atoms with Crippen molar-refractivity contribution in [2.24, 2.45) is 0 Å². The van der Waals surface area contributed by atoms with Crippen molar-refractivity contribution >= 4 is 16.6 Å². The fourth-order valence-electron chi connectivity index (χ4n) is 2.22. The van der Waals surface area contributed by atoms with Gasteiger partial charge in [0.1, 0.15) is 12.4 Å². The molecule has 0 spiro atoms. The predicted octanol–water partition coefficient (Wildman–Crippen LogP) is 4.35. The van der Waals surface area contributed by atoms with Crippen LogP contribution in [-0.4, -0.2) is 4.98 Å². The molecule has 0 aliphatic heterocycles. The predicted molar refractivity (Wildman–Crippen MR) is 78.5 cm³/mol. The normalized spacial score (nSPS) is 11.8. The SMILES string of the molecule is Nc1cccc2cc(COc3ccc(C(F)(F)F)cc3)[nH]c12. The number of nitrogens with two attached hydrogens (primary N) is 1. The first kappa shape index (κ1) is 14.3. The minimum atomic E-state index is -4.34. The number of fused-ring (bicyclic) bond motifs is 1. The average Bonchev–Trinajstić information content (AvgIpc) is 2.89. The molecule has 22 heavy (non-hydrogen) atoms. The highest BCUT2D eigenvalue weighted by Gasteiger charge is 2.29. The first-order valence-corrected chi connectivity index (χ1v) is 6.59. The summed E-state index contributed by atoms with van der Waals surface area (Å²) in [6, 6.07) is 12.1. The van der Waals surface area contributed by atoms with Gasteiger partial charge < -0.3 is 15.5 Å². The first-order valence-electron chi connectivity index (χ1n) is 6.59. The minimum absolute atomic E-state index is 0.222. The van der Waals surface area contributed by atoms with E-state index in [0.717, 1.165) is 28.7 Å². The molecule has 0 saturated carbocycles. The van der Waals surface area contributed by atoms with Gasteiger partial charge in [0, 0.05) is 5.39 Å². The lowest BCUT2D eigenvalue weighted by molar-refractivity contribution is -0.137. The van der Waals surface area contributed by atoms with E-state index in [-0.39, 0.29) is 6.61 Å². The molecule has 0 aliphatic carbocycles. The summed E-state index contributed by atoms with van der Waals surface area (Å²) in [7, 11) is 0. The van der Waals surface area contributed by atoms with Gasteiger partial charge in [-0.3, -0.25) is 0 Å². The monoisotopic (exact) mass is 306 g/mol. The van der Waals surface area contributed by atoms with E-state index in [9.17, 15) is 13.2 Å². The van der Waals surface area contributed by atoms with Gasteiger partial charge in [0.05, 0.1) is 22.5 Å². The Morgan fingerprint density at radius 3 is 2.41 bits per heavy atom. The zero-order chi connectivity index (χ0) is 15.7. The number of benzene rings is 2. The Morgan fingerprint density at radius 2 is 1.77 bits per heavy atom. The van der Waals surface area contributed by atoms with E-state index in [0.29, 0.717) is 11.4 Å². The number of nitrogens with one attached hydrogen (secondary N) is 1. The number of rotatable bonds is 3. The van der Waals surface area contributed by atoms with Gasteiger partial charge in [-0.25, -0.2) is 0 Å². The van der Waals surface area contributed by atoms with Crippen LogP contribution in [0.1, 0.15) is 11.3 Å². The van der Waals surface area contributed by atoms with E-state index in [1.165, 1.54) is 12.1 Å². The van der Waals surface area contributed by atoms with E-state index in [2.05, 4.69) is 4.98 Å². The van der Waals surface area contributed by atoms with Gasteiger partial charge in [-0.2, -0.15) is 13.2 Å². The third-order valence-electron chi connectivity index (χ3n) is 3.32. The van der Waals surface area contributed by atoms with Crippen LogP contribution in [0.4, 0.5) is 18.9 Å². The Bertz CT molecular complexity index is 791. The highest BCUT2D eigenvalue weighted by molar-refractivity contribution is 5.90. The highest BCUT2D eigenvalue weighted by Crippen LogP contribution is 2.30. The Labute approximate surface area is 124 Å². The minimum Gasteiger partial charge on any atom is -0.487 e. The van der Waals surface area contributed by atoms with Crippen LogP contribution in [0.2, 0.25) is 0 Å². The van der Waals surface area contributed by atoms with E-state index in [1.54, 1.807) is 6.07 Å². The van der Waals surface area contributed by atoms with Gasteiger partial charge in [-0.05, 0) is 36.4 Å². The van der Waals surface area contributed by atoms with Crippen LogP contribution in [0.3, 0.4) is 0 Å². The number of hydrogen-bond acceptors (Lipinski definition) is 2. The summed E-state index contributed by atoms with van der Waals surface area (Å²) in [5.74, 6) is 0.375. The van der Waals surface area contributed by atoms with Gasteiger partial charge in [0.15, 0.2) is 0 Å². The zero-order valence-corrected chi connectivity index (χ0v) is 11.4. The topological polar surface area (TPSA) is 51.0 Å². The van der Waals surface area contributed by atoms with Crippen LogP contribution < -0.4 is 10.5 Å². The van der Waals surface area contributed by atoms with Crippen molar-refractivity contribution < 1.29 is 17.9 Å². The Kier molecular flexibility index (Phi) is 3.44. The van der Waals surface area contributed by atoms with Crippen LogP contribution in [0.5, 0.6) is 5.75 Å². The Hall–Kier alpha value is -2.63. The average molecular weight is 306 g/mol. The van der Waals surface area contributed by atoms with Crippen LogP contribution in [0, 0.1) is 0 Å². The van der Waals surface area contributed by atoms with Gasteiger partial charge in [0.25, 0.3) is 0 Å². The molecule has 1 aromatic heterocycles. The number of H-pyrrole nitrogens is 1. The molecular formula is C16H13F3N2O. The quantitative estimate of drug-likeness (QED) is 0.707. The number of aromatic nitrogens is 1. The van der Waals surface area contributed by atoms with Gasteiger partial charge >= 0.3 is 6.18 Å². The maximum atomic E-state index is 12.5. The van der Waals surface area contributed by atoms with Crippen LogP contribution >= 0.6 is 0 Å². The number of alkyl halides is 3. The molecule has 0 saturated heterocycles. The van der Waals surface area contributed by atoms with Crippen LogP contribution in [-0.2, 0) is 12.8 Å². The number of para-hydroxylation sites is 1. The molecule has 3 nitrogen and oxygen atoms in total. The fraction of sp³-hybridized carbons (Fsp3) is 0.125. The van der Waals surface area contributed by atoms with Crippen molar-refractivity contribution in [3.63, 3.8) is 0 Å². The summed E-state index contributed by atoms with van der Waals surface area (Å²) >= 11 is 0. The summed E-state index contributed by atoms with van der Waals surface area (Å²) in [6.45, 7) is 0.222. The van der Waals surface area contributed by atoms with E-state index < -0.39 is 11.7 Å². The standard InChI is InChI=1S/C16H13F3N2O/c17-16(18,19)11-4-6-13(7-5-11)22-9-12-8-10-2-1-3-14(20)15(10)21-12/h1-8,21H,9,20H2. The zero-order valence-electron chi connectivity index (χ0n) is 11.4. The van der Waals surface area contributed by atoms with E-state index in [1.807, 2.05) is 18.2 Å². The molecule has 0 radical (unpaired) electrons. The molecule has 0 fully saturated rings. The third kappa shape index (κ3) is 2.86. The lowest BCUT2D eigenvalue weighted by Crippen LogP contribution is -2.04. The largest absolute Gasteiger partial charge is 0.487 e. The number of halogens is 3. The second kappa shape index (κ2) is 5.29. The lowest BCUT2D eigenvalue weighted by atomic mass is 10.2. The van der Waals surface area contributed by atoms with Gasteiger partial charge in [0.2, 0.25) is 0 Å². The number of anilines is 1. The maximum Gasteiger partial charge on any atom is 0.416 e. The van der Waals surface area contributed by atoms with E-state index in [4.69, 9.17) is 10.5 Å². The second-order valence-electron chi connectivity index (χ2n) is 4.92. The molecule has 1 heterocycles. The summed E-state index contributed by atoms with van der Waals surface area (Å²) in [6.07, 6.45) is -4.34. The molecule has 0 amide bonds. The molecule has 3 N–H and O–H groups in total. The smallest absolute Gasteiger partial charge is 0.416 e. The summed E-state index contributed by atoms with van der Waals surface area (Å²) in [4.78, 5) is 3.14. The lowest BCUT2D eigenvalue weighted by Gasteiger charge is -2.08. The van der Waals surface area contributed by atoms with E-state index >= 15 is 0 Å². The highest BCUT2D eigenvalue weighted by atomic mass is 19.4. The van der Waals surface area contributed by atoms with Crippen molar-refractivity contribution in [3.8, 4) is 5.75 Å². The molecule has 3 rings (SSSR count). The third-order valence-corrected chi connectivity index (χ3v) is 3.32. The van der Waals surface area contributed by atoms with Crippen molar-refractivity contribution in [2.75, 3.05) is 5.73 Å².